The van der Waals surface area contributed by atoms with E-state index in [1.165, 1.54) is 12.1 Å². The number of rotatable bonds is 3. The second kappa shape index (κ2) is 4.96. The monoisotopic (exact) mass is 302 g/mol. The van der Waals surface area contributed by atoms with Gasteiger partial charge in [0, 0.05) is 6.07 Å². The summed E-state index contributed by atoms with van der Waals surface area (Å²) in [4.78, 5) is 10.2. The van der Waals surface area contributed by atoms with Crippen molar-refractivity contribution in [3.05, 3.63) is 40.1 Å². The Morgan fingerprint density at radius 2 is 2.14 bits per heavy atom. The lowest BCUT2D eigenvalue weighted by Crippen LogP contribution is -2.24. The molecule has 1 aromatic heterocycles. The molecular weight excluding hydrogens is 293 g/mol. The molecule has 0 aliphatic rings. The molecular formula is C11H9F3N4O3. The summed E-state index contributed by atoms with van der Waals surface area (Å²) >= 11 is 0. The van der Waals surface area contributed by atoms with Crippen molar-refractivity contribution in [2.45, 2.75) is 12.7 Å². The van der Waals surface area contributed by atoms with Gasteiger partial charge in [0.1, 0.15) is 6.54 Å². The summed E-state index contributed by atoms with van der Waals surface area (Å²) in [5.41, 5.74) is 4.71. The van der Waals surface area contributed by atoms with Gasteiger partial charge in [0.25, 0.3) is 5.69 Å². The number of hydrogen-bond acceptors (Lipinski definition) is 4. The zero-order valence-corrected chi connectivity index (χ0v) is 10.3. The Morgan fingerprint density at radius 3 is 2.67 bits per heavy atom. The summed E-state index contributed by atoms with van der Waals surface area (Å²) in [6.45, 7) is -1.41. The molecule has 1 heterocycles. The predicted molar refractivity (Wildman–Crippen MR) is 67.2 cm³/mol. The number of non-ortho nitro benzene ring substituents is 1. The van der Waals surface area contributed by atoms with Gasteiger partial charge in [0.05, 0.1) is 21.5 Å². The molecule has 0 unspecified atom stereocenters. The van der Waals surface area contributed by atoms with Gasteiger partial charge >= 0.3 is 6.18 Å². The van der Waals surface area contributed by atoms with Crippen molar-refractivity contribution in [2.75, 3.05) is 0 Å². The van der Waals surface area contributed by atoms with Crippen LogP contribution in [-0.4, -0.2) is 26.7 Å². The van der Waals surface area contributed by atoms with Crippen LogP contribution in [0, 0.1) is 10.1 Å². The van der Waals surface area contributed by atoms with E-state index in [0.717, 1.165) is 16.7 Å². The van der Waals surface area contributed by atoms with Crippen LogP contribution in [0.1, 0.15) is 5.69 Å². The number of nitro groups is 1. The van der Waals surface area contributed by atoms with Crippen LogP contribution in [-0.2, 0) is 6.54 Å². The maximum atomic E-state index is 12.7. The second-order valence-electron chi connectivity index (χ2n) is 4.18. The minimum absolute atomic E-state index is 0.0200. The quantitative estimate of drug-likeness (QED) is 0.298. The molecule has 1 aromatic carbocycles. The summed E-state index contributed by atoms with van der Waals surface area (Å²) in [6.07, 6.45) is -4.57. The van der Waals surface area contributed by atoms with E-state index in [1.807, 2.05) is 0 Å². The molecule has 112 valence electrons. The van der Waals surface area contributed by atoms with Gasteiger partial charge in [-0.15, -0.1) is 0 Å². The van der Waals surface area contributed by atoms with Crippen LogP contribution in [0.4, 0.5) is 18.9 Å². The molecule has 0 spiro atoms. The Balaban J connectivity index is 2.79. The number of benzene rings is 1. The highest BCUT2D eigenvalue weighted by molar-refractivity contribution is 6.02. The molecule has 0 bridgehead atoms. The SMILES string of the molecule is NC(=NO)c1cc2c([N+](=O)[O-])cccc2n1CC(F)(F)F. The topological polar surface area (TPSA) is 107 Å². The minimum Gasteiger partial charge on any atom is -0.409 e. The van der Waals surface area contributed by atoms with E-state index in [0.29, 0.717) is 0 Å². The van der Waals surface area contributed by atoms with Gasteiger partial charge in [-0.1, -0.05) is 11.2 Å². The van der Waals surface area contributed by atoms with Gasteiger partial charge in [-0.25, -0.2) is 0 Å². The molecule has 7 nitrogen and oxygen atoms in total. The second-order valence-corrected chi connectivity index (χ2v) is 4.18. The summed E-state index contributed by atoms with van der Waals surface area (Å²) in [6, 6.07) is 4.82. The van der Waals surface area contributed by atoms with E-state index in [-0.39, 0.29) is 22.3 Å². The highest BCUT2D eigenvalue weighted by Crippen LogP contribution is 2.31. The van der Waals surface area contributed by atoms with Gasteiger partial charge in [-0.3, -0.25) is 10.1 Å². The van der Waals surface area contributed by atoms with Crippen molar-refractivity contribution in [2.24, 2.45) is 10.9 Å². The first-order chi connectivity index (χ1) is 9.74. The Morgan fingerprint density at radius 1 is 1.48 bits per heavy atom. The molecule has 2 aromatic rings. The molecule has 0 aliphatic heterocycles. The molecule has 3 N–H and O–H groups in total. The molecule has 0 aliphatic carbocycles. The lowest BCUT2D eigenvalue weighted by molar-refractivity contribution is -0.383. The molecule has 0 saturated heterocycles. The van der Waals surface area contributed by atoms with Gasteiger partial charge in [-0.05, 0) is 12.1 Å². The van der Waals surface area contributed by atoms with Gasteiger partial charge in [0.15, 0.2) is 5.84 Å². The molecule has 21 heavy (non-hydrogen) atoms. The average molecular weight is 302 g/mol. The van der Waals surface area contributed by atoms with Crippen molar-refractivity contribution >= 4 is 22.4 Å². The zero-order valence-electron chi connectivity index (χ0n) is 10.3. The van der Waals surface area contributed by atoms with Crippen LogP contribution in [0.2, 0.25) is 0 Å². The summed E-state index contributed by atoms with van der Waals surface area (Å²) < 4.78 is 38.7. The van der Waals surface area contributed by atoms with Crippen LogP contribution in [0.25, 0.3) is 10.9 Å². The molecule has 2 rings (SSSR count). The van der Waals surface area contributed by atoms with Crippen molar-refractivity contribution in [1.29, 1.82) is 0 Å². The Labute approximate surface area is 115 Å². The maximum Gasteiger partial charge on any atom is 0.406 e. The number of oxime groups is 1. The normalized spacial score (nSPS) is 12.8. The Hall–Kier alpha value is -2.78. The summed E-state index contributed by atoms with van der Waals surface area (Å²) in [5, 5.41) is 22.2. The number of aromatic nitrogens is 1. The predicted octanol–water partition coefficient (Wildman–Crippen LogP) is 2.21. The number of nitrogens with two attached hydrogens (primary N) is 1. The highest BCUT2D eigenvalue weighted by atomic mass is 19.4. The van der Waals surface area contributed by atoms with Crippen LogP contribution in [0.5, 0.6) is 0 Å². The number of halogens is 3. The van der Waals surface area contributed by atoms with Gasteiger partial charge < -0.3 is 15.5 Å². The number of amidine groups is 1. The van der Waals surface area contributed by atoms with E-state index >= 15 is 0 Å². The smallest absolute Gasteiger partial charge is 0.406 e. The third kappa shape index (κ3) is 2.73. The van der Waals surface area contributed by atoms with Crippen molar-refractivity contribution in [1.82, 2.24) is 4.57 Å². The molecule has 0 atom stereocenters. The largest absolute Gasteiger partial charge is 0.409 e. The molecule has 0 amide bonds. The zero-order chi connectivity index (χ0) is 15.8. The molecule has 0 fully saturated rings. The van der Waals surface area contributed by atoms with E-state index in [2.05, 4.69) is 5.16 Å². The first kappa shape index (κ1) is 14.6. The fourth-order valence-corrected chi connectivity index (χ4v) is 2.04. The molecule has 0 saturated carbocycles. The minimum atomic E-state index is -4.57. The molecule has 10 heteroatoms. The lowest BCUT2D eigenvalue weighted by atomic mass is 10.2. The van der Waals surface area contributed by atoms with E-state index in [9.17, 15) is 23.3 Å². The van der Waals surface area contributed by atoms with E-state index < -0.39 is 23.5 Å². The lowest BCUT2D eigenvalue weighted by Gasteiger charge is -2.12. The maximum absolute atomic E-state index is 12.7. The van der Waals surface area contributed by atoms with Gasteiger partial charge in [0.2, 0.25) is 0 Å². The average Bonchev–Trinajstić information content (AvgIpc) is 2.74. The highest BCUT2D eigenvalue weighted by Gasteiger charge is 2.31. The third-order valence-corrected chi connectivity index (χ3v) is 2.83. The summed E-state index contributed by atoms with van der Waals surface area (Å²) in [7, 11) is 0. The van der Waals surface area contributed by atoms with Gasteiger partial charge in [-0.2, -0.15) is 13.2 Å². The summed E-state index contributed by atoms with van der Waals surface area (Å²) in [5.74, 6) is -0.565. The van der Waals surface area contributed by atoms with Crippen molar-refractivity contribution < 1.29 is 23.3 Å². The van der Waals surface area contributed by atoms with Crippen molar-refractivity contribution in [3.8, 4) is 0 Å². The van der Waals surface area contributed by atoms with Crippen molar-refractivity contribution in [3.63, 3.8) is 0 Å². The number of fused-ring (bicyclic) bond motifs is 1. The van der Waals surface area contributed by atoms with E-state index in [4.69, 9.17) is 10.9 Å². The standard InChI is InChI=1S/C11H9F3N4O3/c12-11(13,14)5-17-7-2-1-3-8(18(20)21)6(7)4-9(17)10(15)16-19/h1-4,19H,5H2,(H2,15,16). The number of alkyl halides is 3. The van der Waals surface area contributed by atoms with E-state index in [1.54, 1.807) is 0 Å². The first-order valence-corrected chi connectivity index (χ1v) is 5.56. The number of nitrogens with zero attached hydrogens (tertiary/aromatic N) is 3. The van der Waals surface area contributed by atoms with Crippen LogP contribution in [0.15, 0.2) is 29.4 Å². The van der Waals surface area contributed by atoms with Crippen LogP contribution >= 0.6 is 0 Å². The fourth-order valence-electron chi connectivity index (χ4n) is 2.04. The number of hydrogen-bond donors (Lipinski definition) is 2. The Kier molecular flexibility index (Phi) is 3.45. The third-order valence-electron chi connectivity index (χ3n) is 2.83. The number of nitro benzene ring substituents is 1. The molecule has 0 radical (unpaired) electrons. The van der Waals surface area contributed by atoms with Crippen LogP contribution in [0.3, 0.4) is 0 Å². The van der Waals surface area contributed by atoms with Crippen LogP contribution < -0.4 is 5.73 Å². The first-order valence-electron chi connectivity index (χ1n) is 5.56. The Bertz CT molecular complexity index is 736. The fraction of sp³-hybridized carbons (Fsp3) is 0.182.